The Morgan fingerprint density at radius 3 is 1.27 bits per heavy atom. The smallest absolute Gasteiger partial charge is 0.142 e. The van der Waals surface area contributed by atoms with Gasteiger partial charge in [-0.15, -0.1) is 0 Å². The second-order valence-electron chi connectivity index (χ2n) is 12.3. The zero-order chi connectivity index (χ0) is 26.9. The maximum absolute atomic E-state index is 11.0. The Labute approximate surface area is 219 Å². The van der Waals surface area contributed by atoms with Crippen molar-refractivity contribution < 1.29 is 10.2 Å². The number of fused-ring (bicyclic) bond motifs is 3. The molecule has 4 heteroatoms. The summed E-state index contributed by atoms with van der Waals surface area (Å²) in [6.45, 7) is 12.4. The van der Waals surface area contributed by atoms with E-state index >= 15 is 0 Å². The highest BCUT2D eigenvalue weighted by atomic mass is 16.3. The number of phenolic OH excluding ortho intramolecular Hbond substituents is 2. The third-order valence-electron chi connectivity index (χ3n) is 7.71. The Kier molecular flexibility index (Phi) is 5.38. The summed E-state index contributed by atoms with van der Waals surface area (Å²) in [5.41, 5.74) is 20.3. The Hall–Kier alpha value is -3.92. The molecule has 4 nitrogen and oxygen atoms in total. The van der Waals surface area contributed by atoms with Crippen LogP contribution >= 0.6 is 0 Å². The van der Waals surface area contributed by atoms with E-state index < -0.39 is 5.41 Å². The molecule has 0 radical (unpaired) electrons. The Bertz CT molecular complexity index is 1420. The van der Waals surface area contributed by atoms with Gasteiger partial charge in [-0.25, -0.2) is 0 Å². The fourth-order valence-electron chi connectivity index (χ4n) is 5.91. The molecule has 0 saturated heterocycles. The Morgan fingerprint density at radius 1 is 0.568 bits per heavy atom. The molecular formula is C33H36N2O2. The molecule has 0 unspecified atom stereocenters. The lowest BCUT2D eigenvalue weighted by atomic mass is 9.65. The topological polar surface area (TPSA) is 92.5 Å². The molecule has 0 saturated carbocycles. The van der Waals surface area contributed by atoms with Gasteiger partial charge in [0.2, 0.25) is 0 Å². The largest absolute Gasteiger partial charge is 0.505 e. The zero-order valence-electron chi connectivity index (χ0n) is 22.5. The van der Waals surface area contributed by atoms with E-state index in [4.69, 9.17) is 11.5 Å². The van der Waals surface area contributed by atoms with Gasteiger partial charge in [-0.1, -0.05) is 90.1 Å². The van der Waals surface area contributed by atoms with E-state index in [0.717, 1.165) is 44.5 Å². The van der Waals surface area contributed by atoms with Crippen LogP contribution in [0.2, 0.25) is 0 Å². The van der Waals surface area contributed by atoms with Gasteiger partial charge < -0.3 is 21.7 Å². The van der Waals surface area contributed by atoms with E-state index in [-0.39, 0.29) is 22.3 Å². The van der Waals surface area contributed by atoms with Crippen molar-refractivity contribution in [1.82, 2.24) is 0 Å². The molecule has 6 N–H and O–H groups in total. The first-order chi connectivity index (χ1) is 17.3. The summed E-state index contributed by atoms with van der Waals surface area (Å²) in [7, 11) is 0. The zero-order valence-corrected chi connectivity index (χ0v) is 22.5. The van der Waals surface area contributed by atoms with Crippen molar-refractivity contribution in [2.45, 2.75) is 57.8 Å². The van der Waals surface area contributed by atoms with Crippen LogP contribution in [0.4, 0.5) is 11.4 Å². The van der Waals surface area contributed by atoms with Gasteiger partial charge in [-0.2, -0.15) is 0 Å². The van der Waals surface area contributed by atoms with Crippen molar-refractivity contribution >= 4 is 11.4 Å². The van der Waals surface area contributed by atoms with Gasteiger partial charge in [0, 0.05) is 11.1 Å². The van der Waals surface area contributed by atoms with Crippen LogP contribution in [0.15, 0.2) is 72.8 Å². The predicted octanol–water partition coefficient (Wildman–Crippen LogP) is 7.22. The summed E-state index contributed by atoms with van der Waals surface area (Å²) in [4.78, 5) is 0. The molecule has 4 aromatic rings. The molecule has 37 heavy (non-hydrogen) atoms. The van der Waals surface area contributed by atoms with Crippen molar-refractivity contribution in [2.75, 3.05) is 11.5 Å². The van der Waals surface area contributed by atoms with Crippen molar-refractivity contribution in [1.29, 1.82) is 0 Å². The van der Waals surface area contributed by atoms with Crippen LogP contribution in [0.5, 0.6) is 11.5 Å². The quantitative estimate of drug-likeness (QED) is 0.155. The number of nitrogen functional groups attached to an aromatic ring is 2. The molecule has 1 aliphatic carbocycles. The fourth-order valence-corrected chi connectivity index (χ4v) is 5.91. The number of hydrogen-bond donors (Lipinski definition) is 4. The van der Waals surface area contributed by atoms with Gasteiger partial charge in [0.1, 0.15) is 11.5 Å². The van der Waals surface area contributed by atoms with Gasteiger partial charge in [-0.3, -0.25) is 0 Å². The number of benzene rings is 4. The lowest BCUT2D eigenvalue weighted by Gasteiger charge is -2.37. The summed E-state index contributed by atoms with van der Waals surface area (Å²) in [6, 6.07) is 24.8. The first-order valence-electron chi connectivity index (χ1n) is 12.7. The summed E-state index contributed by atoms with van der Waals surface area (Å²) >= 11 is 0. The number of hydrogen-bond acceptors (Lipinski definition) is 4. The molecule has 0 fully saturated rings. The van der Waals surface area contributed by atoms with Crippen LogP contribution in [0.25, 0.3) is 11.1 Å². The normalized spacial score (nSPS) is 14.3. The summed E-state index contributed by atoms with van der Waals surface area (Å²) in [5, 5.41) is 22.0. The Morgan fingerprint density at radius 2 is 0.919 bits per heavy atom. The average Bonchev–Trinajstić information content (AvgIpc) is 3.12. The molecule has 0 bridgehead atoms. The maximum Gasteiger partial charge on any atom is 0.142 e. The molecule has 0 atom stereocenters. The minimum Gasteiger partial charge on any atom is -0.505 e. The summed E-state index contributed by atoms with van der Waals surface area (Å²) in [6.07, 6.45) is 0. The lowest BCUT2D eigenvalue weighted by molar-refractivity contribution is 0.448. The molecule has 0 aromatic heterocycles. The van der Waals surface area contributed by atoms with Gasteiger partial charge in [0.15, 0.2) is 0 Å². The van der Waals surface area contributed by atoms with E-state index in [9.17, 15) is 10.2 Å². The number of phenols is 2. The first kappa shape index (κ1) is 24.8. The monoisotopic (exact) mass is 492 g/mol. The highest BCUT2D eigenvalue weighted by Gasteiger charge is 2.47. The van der Waals surface area contributed by atoms with Crippen molar-refractivity contribution in [3.05, 3.63) is 106 Å². The number of aromatic hydroxyl groups is 2. The molecule has 5 rings (SSSR count). The predicted molar refractivity (Wildman–Crippen MR) is 153 cm³/mol. The van der Waals surface area contributed by atoms with Crippen LogP contribution in [-0.2, 0) is 16.2 Å². The third-order valence-corrected chi connectivity index (χ3v) is 7.71. The van der Waals surface area contributed by atoms with Crippen LogP contribution in [0, 0.1) is 0 Å². The van der Waals surface area contributed by atoms with E-state index in [2.05, 4.69) is 102 Å². The average molecular weight is 493 g/mol. The number of rotatable bonds is 2. The molecular weight excluding hydrogens is 456 g/mol. The molecule has 0 aliphatic heterocycles. The molecule has 1 aliphatic rings. The van der Waals surface area contributed by atoms with Crippen LogP contribution < -0.4 is 11.5 Å². The minimum atomic E-state index is -0.753. The standard InChI is InChI=1S/C33H36N2O2/c1-31(2,3)25-15-19(17-27(34)29(25)36)33(20-16-26(32(4,5)6)30(37)28(35)18-20)23-13-9-7-11-21(23)22-12-8-10-14-24(22)33/h7-18,36-37H,34-35H2,1-6H3. The van der Waals surface area contributed by atoms with Crippen molar-refractivity contribution in [3.63, 3.8) is 0 Å². The third kappa shape index (κ3) is 3.58. The number of nitrogens with two attached hydrogens (primary N) is 2. The van der Waals surface area contributed by atoms with Gasteiger partial charge >= 0.3 is 0 Å². The van der Waals surface area contributed by atoms with Gasteiger partial charge in [0.05, 0.1) is 16.8 Å². The van der Waals surface area contributed by atoms with Crippen LogP contribution in [0.1, 0.15) is 74.9 Å². The second-order valence-corrected chi connectivity index (χ2v) is 12.3. The molecule has 0 spiro atoms. The van der Waals surface area contributed by atoms with E-state index in [1.54, 1.807) is 0 Å². The molecule has 4 aromatic carbocycles. The lowest BCUT2D eigenvalue weighted by Crippen LogP contribution is -2.30. The van der Waals surface area contributed by atoms with E-state index in [1.807, 2.05) is 12.1 Å². The minimum absolute atomic E-state index is 0.117. The van der Waals surface area contributed by atoms with Crippen molar-refractivity contribution in [3.8, 4) is 22.6 Å². The Balaban J connectivity index is 2.01. The van der Waals surface area contributed by atoms with Gasteiger partial charge in [-0.05, 0) is 68.5 Å². The highest BCUT2D eigenvalue weighted by molar-refractivity contribution is 5.87. The molecule has 190 valence electrons. The van der Waals surface area contributed by atoms with Crippen LogP contribution in [0.3, 0.4) is 0 Å². The second kappa shape index (κ2) is 8.04. The van der Waals surface area contributed by atoms with E-state index in [0.29, 0.717) is 11.4 Å². The van der Waals surface area contributed by atoms with Crippen LogP contribution in [-0.4, -0.2) is 10.2 Å². The first-order valence-corrected chi connectivity index (χ1v) is 12.7. The summed E-state index contributed by atoms with van der Waals surface area (Å²) in [5.74, 6) is 0.234. The number of anilines is 2. The van der Waals surface area contributed by atoms with Gasteiger partial charge in [0.25, 0.3) is 0 Å². The summed E-state index contributed by atoms with van der Waals surface area (Å²) < 4.78 is 0. The SMILES string of the molecule is CC(C)(C)c1cc(C2(c3cc(N)c(O)c(C(C)(C)C)c3)c3ccccc3-c3ccccc32)cc(N)c1O. The molecule has 0 amide bonds. The van der Waals surface area contributed by atoms with E-state index in [1.165, 1.54) is 0 Å². The maximum atomic E-state index is 11.0. The highest BCUT2D eigenvalue weighted by Crippen LogP contribution is 2.58. The fraction of sp³-hybridized carbons (Fsp3) is 0.273. The van der Waals surface area contributed by atoms with Crippen molar-refractivity contribution in [2.24, 2.45) is 0 Å². The molecule has 0 heterocycles.